The molecule has 0 saturated carbocycles. The second-order valence-electron chi connectivity index (χ2n) is 4.78. The Morgan fingerprint density at radius 3 is 2.78 bits per heavy atom. The number of aliphatic hydroxyl groups excluding tert-OH is 1. The molecule has 1 aliphatic heterocycles. The number of hydrogen-bond donors (Lipinski definition) is 1. The molecule has 100 valence electrons. The zero-order chi connectivity index (χ0) is 13.0. The molecule has 2 rings (SSSR count). The fraction of sp³-hybridized carbons (Fsp3) is 0.571. The van der Waals surface area contributed by atoms with E-state index < -0.39 is 0 Å². The van der Waals surface area contributed by atoms with Gasteiger partial charge in [-0.25, -0.2) is 0 Å². The normalized spacial score (nSPS) is 17.9. The third-order valence-corrected chi connectivity index (χ3v) is 3.73. The number of hydrogen-bond acceptors (Lipinski definition) is 3. The van der Waals surface area contributed by atoms with Crippen LogP contribution >= 0.6 is 11.6 Å². The van der Waals surface area contributed by atoms with Gasteiger partial charge >= 0.3 is 0 Å². The minimum Gasteiger partial charge on any atom is -0.496 e. The maximum absolute atomic E-state index is 9.47. The number of halogens is 1. The summed E-state index contributed by atoms with van der Waals surface area (Å²) in [4.78, 5) is 2.38. The van der Waals surface area contributed by atoms with Gasteiger partial charge in [0.15, 0.2) is 0 Å². The molecule has 0 bridgehead atoms. The van der Waals surface area contributed by atoms with Gasteiger partial charge in [0, 0.05) is 24.7 Å². The minimum atomic E-state index is -0.109. The monoisotopic (exact) mass is 269 g/mol. The SMILES string of the molecule is COc1ccc(Cl)cc1CCN1CCC(O)CC1. The summed E-state index contributed by atoms with van der Waals surface area (Å²) in [7, 11) is 1.68. The van der Waals surface area contributed by atoms with E-state index in [2.05, 4.69) is 4.90 Å². The van der Waals surface area contributed by atoms with Gasteiger partial charge in [0.1, 0.15) is 5.75 Å². The van der Waals surface area contributed by atoms with Crippen LogP contribution in [0.4, 0.5) is 0 Å². The van der Waals surface area contributed by atoms with Crippen LogP contribution in [0, 0.1) is 0 Å². The van der Waals surface area contributed by atoms with Crippen LogP contribution in [0.2, 0.25) is 5.02 Å². The summed E-state index contributed by atoms with van der Waals surface area (Å²) in [5.41, 5.74) is 1.15. The van der Waals surface area contributed by atoms with Crippen molar-refractivity contribution in [3.8, 4) is 5.75 Å². The summed E-state index contributed by atoms with van der Waals surface area (Å²) in [5.74, 6) is 0.899. The highest BCUT2D eigenvalue weighted by atomic mass is 35.5. The molecule has 0 spiro atoms. The number of benzene rings is 1. The predicted octanol–water partition coefficient (Wildman–Crippen LogP) is 2.35. The van der Waals surface area contributed by atoms with Crippen molar-refractivity contribution in [1.82, 2.24) is 4.90 Å². The van der Waals surface area contributed by atoms with Gasteiger partial charge in [-0.15, -0.1) is 0 Å². The standard InChI is InChI=1S/C14H20ClNO2/c1-18-14-3-2-12(15)10-11(14)4-7-16-8-5-13(17)6-9-16/h2-3,10,13,17H,4-9H2,1H3. The predicted molar refractivity (Wildman–Crippen MR) is 73.4 cm³/mol. The second-order valence-corrected chi connectivity index (χ2v) is 5.22. The molecule has 4 heteroatoms. The molecule has 1 heterocycles. The van der Waals surface area contributed by atoms with E-state index in [0.29, 0.717) is 0 Å². The highest BCUT2D eigenvalue weighted by Crippen LogP contribution is 2.23. The number of piperidine rings is 1. The first-order valence-electron chi connectivity index (χ1n) is 6.42. The van der Waals surface area contributed by atoms with Crippen molar-refractivity contribution in [3.05, 3.63) is 28.8 Å². The molecule has 3 nitrogen and oxygen atoms in total. The number of ether oxygens (including phenoxy) is 1. The molecule has 0 radical (unpaired) electrons. The first kappa shape index (κ1) is 13.7. The average molecular weight is 270 g/mol. The van der Waals surface area contributed by atoms with Crippen LogP contribution < -0.4 is 4.74 Å². The van der Waals surface area contributed by atoms with Crippen LogP contribution in [0.3, 0.4) is 0 Å². The van der Waals surface area contributed by atoms with Crippen molar-refractivity contribution < 1.29 is 9.84 Å². The van der Waals surface area contributed by atoms with Crippen LogP contribution in [0.1, 0.15) is 18.4 Å². The molecule has 1 fully saturated rings. The Labute approximate surface area is 113 Å². The zero-order valence-corrected chi connectivity index (χ0v) is 11.5. The van der Waals surface area contributed by atoms with Crippen molar-refractivity contribution in [2.45, 2.75) is 25.4 Å². The smallest absolute Gasteiger partial charge is 0.122 e. The van der Waals surface area contributed by atoms with Gasteiger partial charge in [0.2, 0.25) is 0 Å². The summed E-state index contributed by atoms with van der Waals surface area (Å²) < 4.78 is 5.34. The lowest BCUT2D eigenvalue weighted by Gasteiger charge is -2.29. The maximum atomic E-state index is 9.47. The number of aliphatic hydroxyl groups is 1. The Morgan fingerprint density at radius 1 is 1.39 bits per heavy atom. The van der Waals surface area contributed by atoms with E-state index in [9.17, 15) is 5.11 Å². The molecule has 0 amide bonds. The zero-order valence-electron chi connectivity index (χ0n) is 10.7. The number of likely N-dealkylation sites (tertiary alicyclic amines) is 1. The lowest BCUT2D eigenvalue weighted by Crippen LogP contribution is -2.37. The molecule has 0 aromatic heterocycles. The van der Waals surface area contributed by atoms with E-state index in [4.69, 9.17) is 16.3 Å². The van der Waals surface area contributed by atoms with E-state index in [1.165, 1.54) is 0 Å². The molecule has 0 unspecified atom stereocenters. The number of rotatable bonds is 4. The van der Waals surface area contributed by atoms with Crippen molar-refractivity contribution in [2.24, 2.45) is 0 Å². The van der Waals surface area contributed by atoms with Gasteiger partial charge in [-0.1, -0.05) is 11.6 Å². The first-order valence-corrected chi connectivity index (χ1v) is 6.79. The largest absolute Gasteiger partial charge is 0.496 e. The molecular formula is C14H20ClNO2. The molecule has 1 aromatic carbocycles. The van der Waals surface area contributed by atoms with Crippen molar-refractivity contribution in [1.29, 1.82) is 0 Å². The van der Waals surface area contributed by atoms with Gasteiger partial charge in [0.05, 0.1) is 13.2 Å². The Kier molecular flexibility index (Phi) is 4.87. The quantitative estimate of drug-likeness (QED) is 0.911. The molecule has 0 atom stereocenters. The van der Waals surface area contributed by atoms with E-state index in [1.54, 1.807) is 7.11 Å². The fourth-order valence-electron chi connectivity index (χ4n) is 2.36. The van der Waals surface area contributed by atoms with E-state index in [0.717, 1.165) is 55.2 Å². The molecular weight excluding hydrogens is 250 g/mol. The van der Waals surface area contributed by atoms with Crippen LogP contribution in [0.25, 0.3) is 0 Å². The topological polar surface area (TPSA) is 32.7 Å². The summed E-state index contributed by atoms with van der Waals surface area (Å²) in [5, 5.41) is 10.2. The molecule has 1 aromatic rings. The van der Waals surface area contributed by atoms with Gasteiger partial charge in [0.25, 0.3) is 0 Å². The summed E-state index contributed by atoms with van der Waals surface area (Å²) in [6, 6.07) is 5.73. The van der Waals surface area contributed by atoms with Gasteiger partial charge in [-0.05, 0) is 43.0 Å². The highest BCUT2D eigenvalue weighted by Gasteiger charge is 2.17. The highest BCUT2D eigenvalue weighted by molar-refractivity contribution is 6.30. The van der Waals surface area contributed by atoms with E-state index >= 15 is 0 Å². The Hall–Kier alpha value is -0.770. The molecule has 1 saturated heterocycles. The van der Waals surface area contributed by atoms with Crippen LogP contribution in [0.15, 0.2) is 18.2 Å². The van der Waals surface area contributed by atoms with Crippen LogP contribution in [-0.2, 0) is 6.42 Å². The fourth-order valence-corrected chi connectivity index (χ4v) is 2.56. The average Bonchev–Trinajstić information content (AvgIpc) is 2.38. The molecule has 18 heavy (non-hydrogen) atoms. The summed E-state index contributed by atoms with van der Waals surface area (Å²) in [6.07, 6.45) is 2.58. The third-order valence-electron chi connectivity index (χ3n) is 3.50. The van der Waals surface area contributed by atoms with Crippen molar-refractivity contribution in [2.75, 3.05) is 26.7 Å². The molecule has 1 aliphatic rings. The molecule has 0 aliphatic carbocycles. The first-order chi connectivity index (χ1) is 8.69. The van der Waals surface area contributed by atoms with Crippen LogP contribution in [-0.4, -0.2) is 42.9 Å². The third kappa shape index (κ3) is 3.61. The minimum absolute atomic E-state index is 0.109. The van der Waals surface area contributed by atoms with Gasteiger partial charge < -0.3 is 14.7 Å². The Morgan fingerprint density at radius 2 is 2.11 bits per heavy atom. The summed E-state index contributed by atoms with van der Waals surface area (Å²) in [6.45, 7) is 2.94. The maximum Gasteiger partial charge on any atom is 0.122 e. The van der Waals surface area contributed by atoms with Crippen LogP contribution in [0.5, 0.6) is 5.75 Å². The van der Waals surface area contributed by atoms with Crippen molar-refractivity contribution in [3.63, 3.8) is 0 Å². The Bertz CT molecular complexity index is 389. The van der Waals surface area contributed by atoms with E-state index in [1.807, 2.05) is 18.2 Å². The lowest BCUT2D eigenvalue weighted by molar-refractivity contribution is 0.0831. The molecule has 1 N–H and O–H groups in total. The number of methoxy groups -OCH3 is 1. The lowest BCUT2D eigenvalue weighted by atomic mass is 10.1. The number of nitrogens with zero attached hydrogens (tertiary/aromatic N) is 1. The van der Waals surface area contributed by atoms with E-state index in [-0.39, 0.29) is 6.10 Å². The summed E-state index contributed by atoms with van der Waals surface area (Å²) >= 11 is 6.01. The van der Waals surface area contributed by atoms with Gasteiger partial charge in [-0.3, -0.25) is 0 Å². The van der Waals surface area contributed by atoms with Gasteiger partial charge in [-0.2, -0.15) is 0 Å². The second kappa shape index (κ2) is 6.41. The Balaban J connectivity index is 1.91. The van der Waals surface area contributed by atoms with Crippen molar-refractivity contribution >= 4 is 11.6 Å².